The summed E-state index contributed by atoms with van der Waals surface area (Å²) in [5.74, 6) is 1.95. The molecule has 0 fully saturated rings. The van der Waals surface area contributed by atoms with Crippen molar-refractivity contribution >= 4 is 33.7 Å². The predicted octanol–water partition coefficient (Wildman–Crippen LogP) is 3.80. The highest BCUT2D eigenvalue weighted by atomic mass is 79.9. The first-order chi connectivity index (χ1) is 11.4. The third-order valence-electron chi connectivity index (χ3n) is 4.05. The van der Waals surface area contributed by atoms with Gasteiger partial charge in [0.15, 0.2) is 0 Å². The van der Waals surface area contributed by atoms with Crippen LogP contribution in [-0.2, 0) is 13.2 Å². The van der Waals surface area contributed by atoms with E-state index in [1.807, 2.05) is 30.3 Å². The molecule has 0 saturated carbocycles. The normalized spacial score (nSPS) is 13.2. The SMILES string of the molecule is Br.c1ccc(COc2cccc3ccn(CC4=NCCN4)c23)cc1. The van der Waals surface area contributed by atoms with Gasteiger partial charge in [-0.2, -0.15) is 0 Å². The Hall–Kier alpha value is -2.27. The zero-order valence-electron chi connectivity index (χ0n) is 13.3. The number of para-hydroxylation sites is 1. The van der Waals surface area contributed by atoms with Crippen LogP contribution in [0, 0.1) is 0 Å². The number of aromatic nitrogens is 1. The molecule has 0 saturated heterocycles. The lowest BCUT2D eigenvalue weighted by molar-refractivity contribution is 0.309. The van der Waals surface area contributed by atoms with Crippen LogP contribution in [0.15, 0.2) is 65.8 Å². The van der Waals surface area contributed by atoms with Crippen LogP contribution in [0.5, 0.6) is 5.75 Å². The number of aliphatic imine (C=N–C) groups is 1. The molecule has 5 heteroatoms. The number of hydrogen-bond donors (Lipinski definition) is 1. The monoisotopic (exact) mass is 385 g/mol. The minimum atomic E-state index is 0. The summed E-state index contributed by atoms with van der Waals surface area (Å²) in [6.45, 7) is 3.14. The number of fused-ring (bicyclic) bond motifs is 1. The lowest BCUT2D eigenvalue weighted by Gasteiger charge is -2.12. The largest absolute Gasteiger partial charge is 0.487 e. The van der Waals surface area contributed by atoms with E-state index >= 15 is 0 Å². The molecule has 4 nitrogen and oxygen atoms in total. The lowest BCUT2D eigenvalue weighted by atomic mass is 10.2. The highest BCUT2D eigenvalue weighted by Crippen LogP contribution is 2.27. The van der Waals surface area contributed by atoms with E-state index in [1.54, 1.807) is 0 Å². The summed E-state index contributed by atoms with van der Waals surface area (Å²) >= 11 is 0. The standard InChI is InChI=1S/C19H19N3O.BrH/c1-2-5-15(6-3-1)14-23-17-8-4-7-16-9-12-22(19(16)17)13-18-20-10-11-21-18;/h1-9,12H,10-11,13-14H2,(H,20,21);1H. The van der Waals surface area contributed by atoms with Crippen molar-refractivity contribution in [2.75, 3.05) is 13.1 Å². The second-order valence-corrected chi connectivity index (χ2v) is 5.67. The number of nitrogens with one attached hydrogen (secondary N) is 1. The van der Waals surface area contributed by atoms with Crippen molar-refractivity contribution in [1.82, 2.24) is 9.88 Å². The summed E-state index contributed by atoms with van der Waals surface area (Å²) in [6, 6.07) is 18.6. The first-order valence-electron chi connectivity index (χ1n) is 7.92. The summed E-state index contributed by atoms with van der Waals surface area (Å²) in [7, 11) is 0. The second-order valence-electron chi connectivity index (χ2n) is 5.67. The Kier molecular flexibility index (Phi) is 5.20. The van der Waals surface area contributed by atoms with Gasteiger partial charge in [-0.15, -0.1) is 17.0 Å². The van der Waals surface area contributed by atoms with Gasteiger partial charge in [0.2, 0.25) is 0 Å². The Morgan fingerprint density at radius 1 is 1.04 bits per heavy atom. The number of amidine groups is 1. The molecule has 4 rings (SSSR count). The van der Waals surface area contributed by atoms with Crippen molar-refractivity contribution in [3.8, 4) is 5.75 Å². The molecular formula is C19H20BrN3O. The van der Waals surface area contributed by atoms with Crippen LogP contribution < -0.4 is 10.1 Å². The van der Waals surface area contributed by atoms with Gasteiger partial charge >= 0.3 is 0 Å². The third-order valence-corrected chi connectivity index (χ3v) is 4.05. The zero-order chi connectivity index (χ0) is 15.5. The summed E-state index contributed by atoms with van der Waals surface area (Å²) in [5.41, 5.74) is 2.30. The van der Waals surface area contributed by atoms with Gasteiger partial charge in [0.25, 0.3) is 0 Å². The van der Waals surface area contributed by atoms with Crippen molar-refractivity contribution in [3.63, 3.8) is 0 Å². The van der Waals surface area contributed by atoms with Crippen molar-refractivity contribution in [2.24, 2.45) is 4.99 Å². The van der Waals surface area contributed by atoms with Gasteiger partial charge in [-0.3, -0.25) is 4.99 Å². The number of halogens is 1. The van der Waals surface area contributed by atoms with E-state index in [9.17, 15) is 0 Å². The Balaban J connectivity index is 0.00000169. The molecule has 0 atom stereocenters. The van der Waals surface area contributed by atoms with E-state index < -0.39 is 0 Å². The maximum atomic E-state index is 6.09. The maximum absolute atomic E-state index is 6.09. The summed E-state index contributed by atoms with van der Waals surface area (Å²) in [4.78, 5) is 4.48. The van der Waals surface area contributed by atoms with Crippen molar-refractivity contribution in [1.29, 1.82) is 0 Å². The smallest absolute Gasteiger partial charge is 0.144 e. The van der Waals surface area contributed by atoms with Crippen molar-refractivity contribution in [3.05, 3.63) is 66.4 Å². The van der Waals surface area contributed by atoms with Gasteiger partial charge < -0.3 is 14.6 Å². The second kappa shape index (κ2) is 7.53. The molecule has 124 valence electrons. The molecule has 24 heavy (non-hydrogen) atoms. The minimum Gasteiger partial charge on any atom is -0.487 e. The highest BCUT2D eigenvalue weighted by Gasteiger charge is 2.11. The van der Waals surface area contributed by atoms with Crippen LogP contribution in [0.25, 0.3) is 10.9 Å². The lowest BCUT2D eigenvalue weighted by Crippen LogP contribution is -2.23. The average Bonchev–Trinajstić information content (AvgIpc) is 3.25. The molecule has 2 heterocycles. The van der Waals surface area contributed by atoms with Crippen LogP contribution in [0.4, 0.5) is 0 Å². The Morgan fingerprint density at radius 2 is 1.92 bits per heavy atom. The van der Waals surface area contributed by atoms with Crippen molar-refractivity contribution < 1.29 is 4.74 Å². The third kappa shape index (κ3) is 3.46. The molecule has 1 aliphatic heterocycles. The molecule has 0 aliphatic carbocycles. The number of ether oxygens (including phenoxy) is 1. The van der Waals surface area contributed by atoms with Gasteiger partial charge in [-0.1, -0.05) is 42.5 Å². The van der Waals surface area contributed by atoms with E-state index in [1.165, 1.54) is 10.9 Å². The quantitative estimate of drug-likeness (QED) is 0.725. The van der Waals surface area contributed by atoms with E-state index in [0.29, 0.717) is 6.61 Å². The molecule has 0 spiro atoms. The van der Waals surface area contributed by atoms with Crippen LogP contribution in [0.2, 0.25) is 0 Å². The summed E-state index contributed by atoms with van der Waals surface area (Å²) < 4.78 is 8.29. The first kappa shape index (κ1) is 16.6. The van der Waals surface area contributed by atoms with E-state index in [0.717, 1.165) is 36.7 Å². The van der Waals surface area contributed by atoms with E-state index in [-0.39, 0.29) is 17.0 Å². The molecule has 3 aromatic rings. The van der Waals surface area contributed by atoms with Crippen LogP contribution in [-0.4, -0.2) is 23.5 Å². The molecule has 1 N–H and O–H groups in total. The van der Waals surface area contributed by atoms with Crippen molar-refractivity contribution in [2.45, 2.75) is 13.2 Å². The Morgan fingerprint density at radius 3 is 2.71 bits per heavy atom. The summed E-state index contributed by atoms with van der Waals surface area (Å²) in [5, 5.41) is 4.51. The number of nitrogens with zero attached hydrogens (tertiary/aromatic N) is 2. The highest BCUT2D eigenvalue weighted by molar-refractivity contribution is 8.93. The molecular weight excluding hydrogens is 366 g/mol. The Labute approximate surface area is 151 Å². The first-order valence-corrected chi connectivity index (χ1v) is 7.92. The predicted molar refractivity (Wildman–Crippen MR) is 103 cm³/mol. The molecule has 0 radical (unpaired) electrons. The summed E-state index contributed by atoms with van der Waals surface area (Å²) in [6.07, 6.45) is 2.10. The van der Waals surface area contributed by atoms with Crippen LogP contribution >= 0.6 is 17.0 Å². The Bertz CT molecular complexity index is 842. The van der Waals surface area contributed by atoms with E-state index in [2.05, 4.69) is 45.3 Å². The van der Waals surface area contributed by atoms with Crippen LogP contribution in [0.3, 0.4) is 0 Å². The molecule has 1 aliphatic rings. The van der Waals surface area contributed by atoms with Gasteiger partial charge in [0.05, 0.1) is 18.6 Å². The van der Waals surface area contributed by atoms with Gasteiger partial charge in [-0.05, 0) is 17.7 Å². The number of benzene rings is 2. The molecule has 0 unspecified atom stereocenters. The minimum absolute atomic E-state index is 0. The fourth-order valence-electron chi connectivity index (χ4n) is 2.92. The fraction of sp³-hybridized carbons (Fsp3) is 0.211. The average molecular weight is 386 g/mol. The molecule has 0 amide bonds. The molecule has 1 aromatic heterocycles. The molecule has 2 aromatic carbocycles. The fourth-order valence-corrected chi connectivity index (χ4v) is 2.92. The van der Waals surface area contributed by atoms with E-state index in [4.69, 9.17) is 4.74 Å². The zero-order valence-corrected chi connectivity index (χ0v) is 15.0. The number of hydrogen-bond acceptors (Lipinski definition) is 3. The maximum Gasteiger partial charge on any atom is 0.144 e. The van der Waals surface area contributed by atoms with Gasteiger partial charge in [0, 0.05) is 18.1 Å². The van der Waals surface area contributed by atoms with Crippen LogP contribution in [0.1, 0.15) is 5.56 Å². The van der Waals surface area contributed by atoms with Gasteiger partial charge in [-0.25, -0.2) is 0 Å². The van der Waals surface area contributed by atoms with Gasteiger partial charge in [0.1, 0.15) is 18.2 Å². The molecule has 0 bridgehead atoms. The topological polar surface area (TPSA) is 38.5 Å². The number of rotatable bonds is 5.